The molecule has 7 heteroatoms. The van der Waals surface area contributed by atoms with E-state index < -0.39 is 12.1 Å². The van der Waals surface area contributed by atoms with E-state index in [0.29, 0.717) is 13.0 Å². The Labute approximate surface area is 153 Å². The number of amides is 3. The first-order valence-corrected chi connectivity index (χ1v) is 9.16. The standard InChI is InChI=1S/C19H25N3O4/c1-26-18(24)16-10-13-6-2-3-7-14(13)11-22(16)12-17(23)21-19(25)20-15-8-4-5-9-15/h2-3,6-7,15-16H,4-5,8-12H2,1H3,(H2,20,21,23,25)/p+1/t16-/m1/s1. The molecule has 0 saturated heterocycles. The van der Waals surface area contributed by atoms with Crippen molar-refractivity contribution in [3.8, 4) is 0 Å². The number of carbonyl (C=O) groups excluding carboxylic acids is 3. The minimum atomic E-state index is -0.451. The summed E-state index contributed by atoms with van der Waals surface area (Å²) in [5.41, 5.74) is 2.22. The van der Waals surface area contributed by atoms with Crippen LogP contribution in [0, 0.1) is 0 Å². The summed E-state index contributed by atoms with van der Waals surface area (Å²) >= 11 is 0. The molecule has 3 rings (SSSR count). The van der Waals surface area contributed by atoms with Gasteiger partial charge in [-0.1, -0.05) is 37.1 Å². The molecule has 26 heavy (non-hydrogen) atoms. The SMILES string of the molecule is COC(=O)[C@H]1Cc2ccccc2C[NH+]1CC(=O)NC(=O)NC1CCCC1. The van der Waals surface area contributed by atoms with Crippen LogP contribution in [0.2, 0.25) is 0 Å². The second kappa shape index (κ2) is 8.31. The Hall–Kier alpha value is -2.41. The van der Waals surface area contributed by atoms with E-state index in [1.807, 2.05) is 24.3 Å². The van der Waals surface area contributed by atoms with Crippen LogP contribution in [-0.4, -0.2) is 43.6 Å². The molecule has 2 atom stereocenters. The molecular formula is C19H26N3O4+. The maximum atomic E-state index is 12.3. The fourth-order valence-electron chi connectivity index (χ4n) is 3.91. The lowest BCUT2D eigenvalue weighted by Crippen LogP contribution is -3.17. The zero-order valence-corrected chi connectivity index (χ0v) is 15.0. The molecule has 1 saturated carbocycles. The van der Waals surface area contributed by atoms with Gasteiger partial charge in [-0.25, -0.2) is 9.59 Å². The quantitative estimate of drug-likeness (QED) is 0.656. The van der Waals surface area contributed by atoms with Crippen molar-refractivity contribution in [2.24, 2.45) is 0 Å². The summed E-state index contributed by atoms with van der Waals surface area (Å²) in [7, 11) is 1.36. The fourth-order valence-corrected chi connectivity index (χ4v) is 3.91. The highest BCUT2D eigenvalue weighted by molar-refractivity contribution is 5.95. The van der Waals surface area contributed by atoms with Gasteiger partial charge in [0.15, 0.2) is 12.6 Å². The third-order valence-corrected chi connectivity index (χ3v) is 5.27. The molecule has 3 amide bonds. The van der Waals surface area contributed by atoms with Crippen LogP contribution in [-0.2, 0) is 27.3 Å². The topological polar surface area (TPSA) is 88.9 Å². The number of imide groups is 1. The number of carbonyl (C=O) groups is 3. The van der Waals surface area contributed by atoms with Crippen LogP contribution in [0.5, 0.6) is 0 Å². The van der Waals surface area contributed by atoms with E-state index in [2.05, 4.69) is 10.6 Å². The zero-order chi connectivity index (χ0) is 18.5. The molecule has 1 fully saturated rings. The van der Waals surface area contributed by atoms with Crippen LogP contribution in [0.25, 0.3) is 0 Å². The average Bonchev–Trinajstić information content (AvgIpc) is 3.13. The maximum absolute atomic E-state index is 12.3. The first-order chi connectivity index (χ1) is 12.6. The van der Waals surface area contributed by atoms with Crippen LogP contribution in [0.15, 0.2) is 24.3 Å². The molecule has 3 N–H and O–H groups in total. The minimum absolute atomic E-state index is 0.0478. The highest BCUT2D eigenvalue weighted by Crippen LogP contribution is 2.17. The number of methoxy groups -OCH3 is 1. The molecule has 7 nitrogen and oxygen atoms in total. The minimum Gasteiger partial charge on any atom is -0.465 e. The molecule has 1 heterocycles. The molecule has 1 aliphatic carbocycles. The van der Waals surface area contributed by atoms with Crippen molar-refractivity contribution in [1.29, 1.82) is 0 Å². The summed E-state index contributed by atoms with van der Waals surface area (Å²) in [5.74, 6) is -0.721. The van der Waals surface area contributed by atoms with Gasteiger partial charge in [-0.3, -0.25) is 10.1 Å². The van der Waals surface area contributed by atoms with Gasteiger partial charge >= 0.3 is 12.0 Å². The van der Waals surface area contributed by atoms with E-state index >= 15 is 0 Å². The van der Waals surface area contributed by atoms with Crippen molar-refractivity contribution in [3.63, 3.8) is 0 Å². The lowest BCUT2D eigenvalue weighted by molar-refractivity contribution is -0.924. The van der Waals surface area contributed by atoms with Gasteiger partial charge in [0.2, 0.25) is 0 Å². The van der Waals surface area contributed by atoms with Crippen LogP contribution in [0.4, 0.5) is 4.79 Å². The van der Waals surface area contributed by atoms with Crippen molar-refractivity contribution in [3.05, 3.63) is 35.4 Å². The second-order valence-electron chi connectivity index (χ2n) is 7.06. The fraction of sp³-hybridized carbons (Fsp3) is 0.526. The Morgan fingerprint density at radius 3 is 2.54 bits per heavy atom. The van der Waals surface area contributed by atoms with Crippen molar-refractivity contribution < 1.29 is 24.0 Å². The molecule has 1 aliphatic heterocycles. The summed E-state index contributed by atoms with van der Waals surface area (Å²) in [4.78, 5) is 37.3. The van der Waals surface area contributed by atoms with E-state index in [1.165, 1.54) is 7.11 Å². The first kappa shape index (κ1) is 18.4. The highest BCUT2D eigenvalue weighted by atomic mass is 16.5. The predicted octanol–water partition coefficient (Wildman–Crippen LogP) is -0.0624. The third-order valence-electron chi connectivity index (χ3n) is 5.27. The van der Waals surface area contributed by atoms with E-state index in [1.54, 1.807) is 0 Å². The molecule has 1 aromatic carbocycles. The highest BCUT2D eigenvalue weighted by Gasteiger charge is 2.37. The van der Waals surface area contributed by atoms with E-state index in [9.17, 15) is 14.4 Å². The number of ether oxygens (including phenoxy) is 1. The van der Waals surface area contributed by atoms with Gasteiger partial charge in [-0.15, -0.1) is 0 Å². The number of quaternary nitrogens is 1. The Morgan fingerprint density at radius 2 is 1.85 bits per heavy atom. The monoisotopic (exact) mass is 360 g/mol. The molecule has 140 valence electrons. The number of nitrogens with one attached hydrogen (secondary N) is 3. The first-order valence-electron chi connectivity index (χ1n) is 9.16. The number of hydrogen-bond donors (Lipinski definition) is 3. The smallest absolute Gasteiger partial charge is 0.365 e. The molecule has 1 unspecified atom stereocenters. The van der Waals surface area contributed by atoms with Crippen molar-refractivity contribution >= 4 is 17.9 Å². The summed E-state index contributed by atoms with van der Waals surface area (Å²) in [6, 6.07) is 7.15. The molecule has 2 aliphatic rings. The lowest BCUT2D eigenvalue weighted by Gasteiger charge is -2.31. The molecule has 0 radical (unpaired) electrons. The normalized spacial score (nSPS) is 22.3. The van der Waals surface area contributed by atoms with Crippen LogP contribution >= 0.6 is 0 Å². The Bertz CT molecular complexity index is 685. The molecular weight excluding hydrogens is 334 g/mol. The Kier molecular flexibility index (Phi) is 5.88. The molecule has 0 aromatic heterocycles. The van der Waals surface area contributed by atoms with E-state index in [4.69, 9.17) is 4.74 Å². The number of urea groups is 1. The van der Waals surface area contributed by atoms with Crippen molar-refractivity contribution in [1.82, 2.24) is 10.6 Å². The average molecular weight is 360 g/mol. The van der Waals surface area contributed by atoms with Gasteiger partial charge in [0.25, 0.3) is 5.91 Å². The van der Waals surface area contributed by atoms with Gasteiger partial charge in [0.1, 0.15) is 6.54 Å². The van der Waals surface area contributed by atoms with Gasteiger partial charge in [-0.05, 0) is 18.4 Å². The van der Waals surface area contributed by atoms with E-state index in [0.717, 1.165) is 41.7 Å². The summed E-state index contributed by atoms with van der Waals surface area (Å²) in [6.45, 7) is 0.597. The van der Waals surface area contributed by atoms with Crippen LogP contribution in [0.1, 0.15) is 36.8 Å². The largest absolute Gasteiger partial charge is 0.465 e. The number of fused-ring (bicyclic) bond motifs is 1. The summed E-state index contributed by atoms with van der Waals surface area (Å²) in [6.07, 6.45) is 4.66. The van der Waals surface area contributed by atoms with Gasteiger partial charge < -0.3 is 15.0 Å². The summed E-state index contributed by atoms with van der Waals surface area (Å²) < 4.78 is 4.92. The number of esters is 1. The Morgan fingerprint density at radius 1 is 1.15 bits per heavy atom. The Balaban J connectivity index is 1.61. The van der Waals surface area contributed by atoms with Crippen molar-refractivity contribution in [2.75, 3.05) is 13.7 Å². The number of hydrogen-bond acceptors (Lipinski definition) is 4. The van der Waals surface area contributed by atoms with Crippen molar-refractivity contribution in [2.45, 2.75) is 50.7 Å². The zero-order valence-electron chi connectivity index (χ0n) is 15.0. The van der Waals surface area contributed by atoms with Crippen LogP contribution < -0.4 is 15.5 Å². The van der Waals surface area contributed by atoms with Gasteiger partial charge in [-0.2, -0.15) is 0 Å². The maximum Gasteiger partial charge on any atom is 0.365 e. The molecule has 1 aromatic rings. The predicted molar refractivity (Wildman–Crippen MR) is 94.4 cm³/mol. The third kappa shape index (κ3) is 4.40. The summed E-state index contributed by atoms with van der Waals surface area (Å²) in [5, 5.41) is 5.23. The lowest BCUT2D eigenvalue weighted by atomic mass is 9.94. The second-order valence-corrected chi connectivity index (χ2v) is 7.06. The van der Waals surface area contributed by atoms with Gasteiger partial charge in [0, 0.05) is 18.0 Å². The number of rotatable bonds is 4. The molecule has 0 bridgehead atoms. The van der Waals surface area contributed by atoms with E-state index in [-0.39, 0.29) is 24.5 Å². The molecule has 0 spiro atoms. The van der Waals surface area contributed by atoms with Crippen LogP contribution in [0.3, 0.4) is 0 Å². The van der Waals surface area contributed by atoms with Gasteiger partial charge in [0.05, 0.1) is 7.11 Å². The number of benzene rings is 1.